The molecule has 0 aliphatic carbocycles. The van der Waals surface area contributed by atoms with Gasteiger partial charge in [0.1, 0.15) is 11.5 Å². The minimum Gasteiger partial charge on any atom is -0.493 e. The molecule has 3 aromatic rings. The van der Waals surface area contributed by atoms with Crippen molar-refractivity contribution in [3.8, 4) is 11.5 Å². The van der Waals surface area contributed by atoms with Gasteiger partial charge in [-0.1, -0.05) is 46.3 Å². The number of H-pyrrole nitrogens is 1. The maximum atomic E-state index is 12.7. The van der Waals surface area contributed by atoms with Crippen LogP contribution in [0.1, 0.15) is 18.1 Å². The second-order valence-corrected chi connectivity index (χ2v) is 7.73. The van der Waals surface area contributed by atoms with Crippen LogP contribution < -0.4 is 31.4 Å². The molecule has 31 heavy (non-hydrogen) atoms. The predicted octanol–water partition coefficient (Wildman–Crippen LogP) is 2.97. The summed E-state index contributed by atoms with van der Waals surface area (Å²) in [5.41, 5.74) is 7.31. The zero-order chi connectivity index (χ0) is 22.5. The van der Waals surface area contributed by atoms with Crippen LogP contribution >= 0.6 is 15.9 Å². The molecule has 0 spiro atoms. The number of hydrogen-bond donors (Lipinski definition) is 2. The average molecular weight is 489 g/mol. The van der Waals surface area contributed by atoms with E-state index >= 15 is 0 Å². The highest BCUT2D eigenvalue weighted by molar-refractivity contribution is 9.10. The number of halogens is 1. The van der Waals surface area contributed by atoms with E-state index in [4.69, 9.17) is 15.2 Å². The topological polar surface area (TPSA) is 103 Å². The van der Waals surface area contributed by atoms with Crippen molar-refractivity contribution in [1.29, 1.82) is 0 Å². The monoisotopic (exact) mass is 488 g/mol. The molecule has 0 aliphatic heterocycles. The van der Waals surface area contributed by atoms with Gasteiger partial charge in [-0.2, -0.15) is 0 Å². The van der Waals surface area contributed by atoms with Crippen LogP contribution in [0.3, 0.4) is 0 Å². The van der Waals surface area contributed by atoms with E-state index in [1.165, 1.54) is 4.57 Å². The fourth-order valence-corrected chi connectivity index (χ4v) is 3.83. The molecule has 0 saturated carbocycles. The van der Waals surface area contributed by atoms with E-state index in [9.17, 15) is 9.59 Å². The number of aromatic nitrogens is 2. The molecule has 1 heterocycles. The Bertz CT molecular complexity index is 1170. The summed E-state index contributed by atoms with van der Waals surface area (Å²) in [6.07, 6.45) is 0. The molecule has 0 unspecified atom stereocenters. The molecule has 2 aromatic carbocycles. The first-order valence-electron chi connectivity index (χ1n) is 9.71. The van der Waals surface area contributed by atoms with Crippen LogP contribution in [0.2, 0.25) is 0 Å². The highest BCUT2D eigenvalue weighted by Crippen LogP contribution is 2.34. The number of nitrogen functional groups attached to an aromatic ring is 1. The van der Waals surface area contributed by atoms with E-state index < -0.39 is 11.2 Å². The van der Waals surface area contributed by atoms with E-state index in [1.807, 2.05) is 54.3 Å². The predicted molar refractivity (Wildman–Crippen MR) is 125 cm³/mol. The molecule has 0 amide bonds. The van der Waals surface area contributed by atoms with Crippen LogP contribution in [0, 0.1) is 0 Å². The van der Waals surface area contributed by atoms with Gasteiger partial charge in [-0.15, -0.1) is 0 Å². The van der Waals surface area contributed by atoms with Gasteiger partial charge in [0.05, 0.1) is 20.8 Å². The largest absolute Gasteiger partial charge is 0.493 e. The third kappa shape index (κ3) is 4.77. The van der Waals surface area contributed by atoms with Gasteiger partial charge in [-0.05, 0) is 30.2 Å². The summed E-state index contributed by atoms with van der Waals surface area (Å²) < 4.78 is 12.9. The third-order valence-corrected chi connectivity index (χ3v) is 5.75. The summed E-state index contributed by atoms with van der Waals surface area (Å²) in [4.78, 5) is 29.4. The molecule has 9 heteroatoms. The van der Waals surface area contributed by atoms with Crippen molar-refractivity contribution in [2.24, 2.45) is 0 Å². The molecule has 3 N–H and O–H groups in total. The number of methoxy groups -OCH3 is 2. The van der Waals surface area contributed by atoms with Crippen LogP contribution in [-0.4, -0.2) is 30.3 Å². The lowest BCUT2D eigenvalue weighted by atomic mass is 10.1. The molecule has 8 nitrogen and oxygen atoms in total. The van der Waals surface area contributed by atoms with Gasteiger partial charge in [0.15, 0.2) is 11.5 Å². The highest BCUT2D eigenvalue weighted by Gasteiger charge is 2.20. The summed E-state index contributed by atoms with van der Waals surface area (Å²) in [6.45, 7) is 3.04. The molecule has 0 aliphatic rings. The number of benzene rings is 2. The Morgan fingerprint density at radius 2 is 1.74 bits per heavy atom. The van der Waals surface area contributed by atoms with Gasteiger partial charge in [0, 0.05) is 17.6 Å². The van der Waals surface area contributed by atoms with Crippen molar-refractivity contribution >= 4 is 27.4 Å². The first kappa shape index (κ1) is 22.5. The minimum atomic E-state index is -0.543. The Morgan fingerprint density at radius 3 is 2.35 bits per heavy atom. The normalized spacial score (nSPS) is 10.7. The van der Waals surface area contributed by atoms with E-state index in [-0.39, 0.29) is 18.1 Å². The summed E-state index contributed by atoms with van der Waals surface area (Å²) >= 11 is 3.55. The van der Waals surface area contributed by atoms with Crippen LogP contribution in [0.4, 0.5) is 11.5 Å². The second kappa shape index (κ2) is 9.74. The van der Waals surface area contributed by atoms with E-state index in [0.717, 1.165) is 15.6 Å². The number of nitrogens with one attached hydrogen (secondary N) is 1. The van der Waals surface area contributed by atoms with Gasteiger partial charge in [-0.3, -0.25) is 14.3 Å². The quantitative estimate of drug-likeness (QED) is 0.505. The van der Waals surface area contributed by atoms with Gasteiger partial charge in [0.2, 0.25) is 0 Å². The summed E-state index contributed by atoms with van der Waals surface area (Å²) in [7, 11) is 3.13. The van der Waals surface area contributed by atoms with Crippen LogP contribution in [-0.2, 0) is 13.1 Å². The molecular weight excluding hydrogens is 464 g/mol. The molecule has 0 saturated heterocycles. The zero-order valence-electron chi connectivity index (χ0n) is 17.6. The third-order valence-electron chi connectivity index (χ3n) is 5.01. The zero-order valence-corrected chi connectivity index (χ0v) is 19.2. The summed E-state index contributed by atoms with van der Waals surface area (Å²) in [5.74, 6) is 1.29. The summed E-state index contributed by atoms with van der Waals surface area (Å²) in [6, 6.07) is 13.1. The summed E-state index contributed by atoms with van der Waals surface area (Å²) in [5, 5.41) is 0. The smallest absolute Gasteiger partial charge is 0.330 e. The number of hydrogen-bond acceptors (Lipinski definition) is 6. The first-order valence-corrected chi connectivity index (χ1v) is 10.5. The lowest BCUT2D eigenvalue weighted by Crippen LogP contribution is -2.38. The number of nitrogens with two attached hydrogens (primary N) is 1. The van der Waals surface area contributed by atoms with Crippen molar-refractivity contribution < 1.29 is 9.47 Å². The van der Waals surface area contributed by atoms with Crippen LogP contribution in [0.15, 0.2) is 56.5 Å². The minimum absolute atomic E-state index is 0.121. The molecular formula is C22H25BrN4O4. The molecule has 0 radical (unpaired) electrons. The number of ether oxygens (including phenoxy) is 2. The fourth-order valence-electron chi connectivity index (χ4n) is 3.38. The van der Waals surface area contributed by atoms with E-state index in [1.54, 1.807) is 14.2 Å². The lowest BCUT2D eigenvalue weighted by molar-refractivity contribution is 0.354. The Kier molecular flexibility index (Phi) is 7.06. The fraction of sp³-hybridized carbons (Fsp3) is 0.273. The molecule has 0 bridgehead atoms. The number of aromatic amines is 1. The lowest BCUT2D eigenvalue weighted by Gasteiger charge is -2.26. The van der Waals surface area contributed by atoms with Crippen molar-refractivity contribution in [1.82, 2.24) is 9.55 Å². The number of nitrogens with zero attached hydrogens (tertiary/aromatic N) is 2. The van der Waals surface area contributed by atoms with Crippen LogP contribution in [0.25, 0.3) is 0 Å². The Hall–Kier alpha value is -3.20. The van der Waals surface area contributed by atoms with Gasteiger partial charge < -0.3 is 20.1 Å². The highest BCUT2D eigenvalue weighted by atomic mass is 79.9. The van der Waals surface area contributed by atoms with Gasteiger partial charge in [0.25, 0.3) is 5.56 Å². The molecule has 0 atom stereocenters. The second-order valence-electron chi connectivity index (χ2n) is 6.88. The van der Waals surface area contributed by atoms with Crippen molar-refractivity contribution in [2.45, 2.75) is 20.0 Å². The maximum Gasteiger partial charge on any atom is 0.330 e. The Morgan fingerprint density at radius 1 is 1.10 bits per heavy atom. The van der Waals surface area contributed by atoms with E-state index in [0.29, 0.717) is 24.6 Å². The molecule has 3 rings (SSSR count). The van der Waals surface area contributed by atoms with E-state index in [2.05, 4.69) is 20.9 Å². The van der Waals surface area contributed by atoms with Crippen molar-refractivity contribution in [2.75, 3.05) is 31.4 Å². The number of rotatable bonds is 8. The Labute approximate surface area is 188 Å². The average Bonchev–Trinajstić information content (AvgIpc) is 2.77. The molecule has 0 fully saturated rings. The molecule has 164 valence electrons. The Balaban J connectivity index is 2.03. The SMILES string of the molecule is CCN(Cc1cc(OC)c(OC)cc1Br)c1c(N)n(Cc2ccccc2)c(=O)[nH]c1=O. The first-order chi connectivity index (χ1) is 14.9. The van der Waals surface area contributed by atoms with Crippen molar-refractivity contribution in [3.63, 3.8) is 0 Å². The van der Waals surface area contributed by atoms with Crippen LogP contribution in [0.5, 0.6) is 11.5 Å². The van der Waals surface area contributed by atoms with Gasteiger partial charge in [-0.25, -0.2) is 4.79 Å². The van der Waals surface area contributed by atoms with Crippen molar-refractivity contribution in [3.05, 3.63) is 78.9 Å². The standard InChI is InChI=1S/C22H25BrN4O4/c1-4-26(13-15-10-17(30-2)18(31-3)11-16(15)23)19-20(24)27(22(29)25-21(19)28)12-14-8-6-5-7-9-14/h5-11H,4,12-13,24H2,1-3H3,(H,25,28,29). The number of anilines is 2. The van der Waals surface area contributed by atoms with Gasteiger partial charge >= 0.3 is 5.69 Å². The maximum absolute atomic E-state index is 12.7. The molecule has 1 aromatic heterocycles.